The summed E-state index contributed by atoms with van der Waals surface area (Å²) in [6.45, 7) is -2.50. The summed E-state index contributed by atoms with van der Waals surface area (Å²) in [4.78, 5) is 15.6. The Morgan fingerprint density at radius 3 is 2.84 bits per heavy atom. The van der Waals surface area contributed by atoms with E-state index in [-0.39, 0.29) is 18.0 Å². The average Bonchev–Trinajstić information content (AvgIpc) is 3.34. The molecule has 1 saturated carbocycles. The smallest absolute Gasteiger partial charge is 0.388 e. The molecule has 1 aliphatic rings. The Bertz CT molecular complexity index is 712. The van der Waals surface area contributed by atoms with Crippen LogP contribution in [0.25, 0.3) is 0 Å². The molecular weight excluding hydrogens is 328 g/mol. The van der Waals surface area contributed by atoms with E-state index in [9.17, 15) is 13.6 Å². The topological polar surface area (TPSA) is 63.2 Å². The van der Waals surface area contributed by atoms with Gasteiger partial charge in [-0.05, 0) is 30.0 Å². The molecule has 1 aromatic heterocycles. The number of rotatable bonds is 7. The zero-order valence-electron chi connectivity index (χ0n) is 13.5. The lowest BCUT2D eigenvalue weighted by atomic mass is 10.1. The number of halogens is 2. The van der Waals surface area contributed by atoms with Gasteiger partial charge in [-0.1, -0.05) is 30.3 Å². The third kappa shape index (κ3) is 5.14. The van der Waals surface area contributed by atoms with E-state index < -0.39 is 6.61 Å². The highest BCUT2D eigenvalue weighted by Crippen LogP contribution is 2.40. The summed E-state index contributed by atoms with van der Waals surface area (Å²) in [5, 5.41) is 5.72. The van der Waals surface area contributed by atoms with Crippen molar-refractivity contribution in [2.45, 2.75) is 31.4 Å². The van der Waals surface area contributed by atoms with E-state index in [4.69, 9.17) is 0 Å². The number of nitrogens with zero attached hydrogens (tertiary/aromatic N) is 1. The lowest BCUT2D eigenvalue weighted by Gasteiger charge is -2.08. The number of amides is 2. The lowest BCUT2D eigenvalue weighted by Crippen LogP contribution is -2.38. The van der Waals surface area contributed by atoms with Gasteiger partial charge < -0.3 is 15.4 Å². The third-order valence-corrected chi connectivity index (χ3v) is 4.04. The molecule has 1 heterocycles. The number of urea groups is 1. The highest BCUT2D eigenvalue weighted by Gasteiger charge is 2.39. The quantitative estimate of drug-likeness (QED) is 0.809. The molecule has 0 aliphatic heterocycles. The molecular formula is C18H19F2N3O2. The minimum atomic E-state index is -2.90. The van der Waals surface area contributed by atoms with Gasteiger partial charge in [-0.3, -0.25) is 0 Å². The predicted octanol–water partition coefficient (Wildman–Crippen LogP) is 3.08. The molecule has 0 bridgehead atoms. The Kier molecular flexibility index (Phi) is 5.42. The van der Waals surface area contributed by atoms with Crippen LogP contribution in [0, 0.1) is 0 Å². The molecule has 2 amide bonds. The summed E-state index contributed by atoms with van der Waals surface area (Å²) in [5.41, 5.74) is 2.00. The summed E-state index contributed by atoms with van der Waals surface area (Å²) in [7, 11) is 0. The summed E-state index contributed by atoms with van der Waals surface area (Å²) in [6.07, 6.45) is 2.85. The fourth-order valence-corrected chi connectivity index (χ4v) is 2.72. The van der Waals surface area contributed by atoms with Crippen molar-refractivity contribution in [3.8, 4) is 5.88 Å². The predicted molar refractivity (Wildman–Crippen MR) is 88.7 cm³/mol. The van der Waals surface area contributed by atoms with E-state index in [1.54, 1.807) is 6.07 Å². The first-order chi connectivity index (χ1) is 12.1. The van der Waals surface area contributed by atoms with Gasteiger partial charge in [0, 0.05) is 30.8 Å². The van der Waals surface area contributed by atoms with Gasteiger partial charge in [0.1, 0.15) is 0 Å². The van der Waals surface area contributed by atoms with Crippen molar-refractivity contribution >= 4 is 6.03 Å². The number of alkyl halides is 2. The van der Waals surface area contributed by atoms with Crippen LogP contribution in [-0.4, -0.2) is 30.2 Å². The minimum Gasteiger partial charge on any atom is -0.417 e. The molecule has 1 aliphatic carbocycles. The number of carbonyl (C=O) groups excluding carboxylic acids is 1. The normalized spacial score (nSPS) is 18.7. The molecule has 2 N–H and O–H groups in total. The Morgan fingerprint density at radius 1 is 1.28 bits per heavy atom. The molecule has 5 nitrogen and oxygen atoms in total. The van der Waals surface area contributed by atoms with E-state index >= 15 is 0 Å². The minimum absolute atomic E-state index is 0.124. The lowest BCUT2D eigenvalue weighted by molar-refractivity contribution is -0.0528. The molecule has 2 atom stereocenters. The van der Waals surface area contributed by atoms with Crippen molar-refractivity contribution in [2.24, 2.45) is 0 Å². The fraction of sp³-hybridized carbons (Fsp3) is 0.333. The number of aromatic nitrogens is 1. The van der Waals surface area contributed by atoms with Gasteiger partial charge in [0.2, 0.25) is 5.88 Å². The second-order valence-corrected chi connectivity index (χ2v) is 5.89. The molecule has 0 radical (unpaired) electrons. The molecule has 0 unspecified atom stereocenters. The number of ether oxygens (including phenoxy) is 1. The first-order valence-electron chi connectivity index (χ1n) is 8.11. The van der Waals surface area contributed by atoms with E-state index in [1.165, 1.54) is 17.8 Å². The standard InChI is InChI=1S/C18H19F2N3O2/c19-17(20)25-16-10-12(6-8-21-16)7-9-22-18(24)23-15-11-14(15)13-4-2-1-3-5-13/h1-6,8,10,14-15,17H,7,9,11H2,(H2,22,23,24)/t14-,15+/m0/s1. The first kappa shape index (κ1) is 17.1. The number of benzene rings is 1. The maximum Gasteiger partial charge on any atom is 0.388 e. The summed E-state index contributed by atoms with van der Waals surface area (Å²) >= 11 is 0. The molecule has 7 heteroatoms. The van der Waals surface area contributed by atoms with Gasteiger partial charge in [0.05, 0.1) is 0 Å². The summed E-state index contributed by atoms with van der Waals surface area (Å²) < 4.78 is 28.6. The van der Waals surface area contributed by atoms with Crippen LogP contribution in [0.5, 0.6) is 5.88 Å². The Hall–Kier alpha value is -2.70. The molecule has 1 fully saturated rings. The van der Waals surface area contributed by atoms with Crippen LogP contribution >= 0.6 is 0 Å². The third-order valence-electron chi connectivity index (χ3n) is 4.04. The average molecular weight is 347 g/mol. The van der Waals surface area contributed by atoms with E-state index in [1.807, 2.05) is 18.2 Å². The number of carbonyl (C=O) groups is 1. The fourth-order valence-electron chi connectivity index (χ4n) is 2.72. The van der Waals surface area contributed by atoms with Crippen molar-refractivity contribution in [2.75, 3.05) is 6.54 Å². The zero-order valence-corrected chi connectivity index (χ0v) is 13.5. The number of nitrogens with one attached hydrogen (secondary N) is 2. The van der Waals surface area contributed by atoms with Crippen LogP contribution < -0.4 is 15.4 Å². The van der Waals surface area contributed by atoms with E-state index in [0.29, 0.717) is 18.9 Å². The number of hydrogen-bond acceptors (Lipinski definition) is 3. The molecule has 0 spiro atoms. The first-order valence-corrected chi connectivity index (χ1v) is 8.11. The highest BCUT2D eigenvalue weighted by atomic mass is 19.3. The maximum atomic E-state index is 12.2. The van der Waals surface area contributed by atoms with Crippen LogP contribution in [0.3, 0.4) is 0 Å². The Morgan fingerprint density at radius 2 is 2.08 bits per heavy atom. The molecule has 0 saturated heterocycles. The summed E-state index contributed by atoms with van der Waals surface area (Å²) in [6, 6.07) is 13.2. The SMILES string of the molecule is O=C(NCCc1ccnc(OC(F)F)c1)N[C@@H]1C[C@H]1c1ccccc1. The monoisotopic (exact) mass is 347 g/mol. The van der Waals surface area contributed by atoms with Crippen LogP contribution in [0.15, 0.2) is 48.7 Å². The van der Waals surface area contributed by atoms with Gasteiger partial charge >= 0.3 is 12.6 Å². The van der Waals surface area contributed by atoms with Crippen molar-refractivity contribution in [1.82, 2.24) is 15.6 Å². The Labute approximate surface area is 144 Å². The van der Waals surface area contributed by atoms with Crippen LogP contribution in [0.4, 0.5) is 13.6 Å². The second kappa shape index (κ2) is 7.92. The largest absolute Gasteiger partial charge is 0.417 e. The number of pyridine rings is 1. The van der Waals surface area contributed by atoms with Crippen molar-refractivity contribution in [3.63, 3.8) is 0 Å². The van der Waals surface area contributed by atoms with Gasteiger partial charge in [-0.2, -0.15) is 8.78 Å². The van der Waals surface area contributed by atoms with Crippen LogP contribution in [0.1, 0.15) is 23.5 Å². The highest BCUT2D eigenvalue weighted by molar-refractivity contribution is 5.74. The van der Waals surface area contributed by atoms with E-state index in [0.717, 1.165) is 12.0 Å². The molecule has 132 valence electrons. The number of hydrogen-bond donors (Lipinski definition) is 2. The molecule has 2 aromatic rings. The van der Waals surface area contributed by atoms with Gasteiger partial charge in [-0.15, -0.1) is 0 Å². The maximum absolute atomic E-state index is 12.2. The molecule has 3 rings (SSSR count). The Balaban J connectivity index is 1.39. The van der Waals surface area contributed by atoms with Crippen molar-refractivity contribution < 1.29 is 18.3 Å². The van der Waals surface area contributed by atoms with E-state index in [2.05, 4.69) is 32.5 Å². The van der Waals surface area contributed by atoms with Gasteiger partial charge in [0.25, 0.3) is 0 Å². The van der Waals surface area contributed by atoms with Crippen molar-refractivity contribution in [1.29, 1.82) is 0 Å². The van der Waals surface area contributed by atoms with Gasteiger partial charge in [-0.25, -0.2) is 9.78 Å². The molecule has 25 heavy (non-hydrogen) atoms. The van der Waals surface area contributed by atoms with Crippen LogP contribution in [-0.2, 0) is 6.42 Å². The molecule has 1 aromatic carbocycles. The van der Waals surface area contributed by atoms with Crippen LogP contribution in [0.2, 0.25) is 0 Å². The van der Waals surface area contributed by atoms with Crippen molar-refractivity contribution in [3.05, 3.63) is 59.8 Å². The zero-order chi connectivity index (χ0) is 17.6. The second-order valence-electron chi connectivity index (χ2n) is 5.89. The summed E-state index contributed by atoms with van der Waals surface area (Å²) in [5.74, 6) is 0.252. The van der Waals surface area contributed by atoms with Gasteiger partial charge in [0.15, 0.2) is 0 Å².